The van der Waals surface area contributed by atoms with Crippen molar-refractivity contribution in [1.82, 2.24) is 9.80 Å². The highest BCUT2D eigenvalue weighted by Crippen LogP contribution is 2.18. The smallest absolute Gasteiger partial charge is 0.154 e. The highest BCUT2D eigenvalue weighted by atomic mass is 15.4. The van der Waals surface area contributed by atoms with E-state index < -0.39 is 0 Å². The lowest BCUT2D eigenvalue weighted by Crippen LogP contribution is -2.39. The maximum atomic E-state index is 8.94. The number of hydrogen-bond acceptors (Lipinski definition) is 4. The monoisotopic (exact) mass is 178 g/mol. The maximum absolute atomic E-state index is 8.94. The first-order valence-electron chi connectivity index (χ1n) is 4.57. The Morgan fingerprint density at radius 2 is 1.92 bits per heavy atom. The Hall–Kier alpha value is -1.10. The molecule has 0 aromatic carbocycles. The predicted octanol–water partition coefficient (Wildman–Crippen LogP) is 0.386. The van der Waals surface area contributed by atoms with Gasteiger partial charge < -0.3 is 0 Å². The molecule has 1 saturated heterocycles. The summed E-state index contributed by atoms with van der Waals surface area (Å²) in [4.78, 5) is 3.96. The molecule has 0 spiro atoms. The van der Waals surface area contributed by atoms with E-state index >= 15 is 0 Å². The van der Waals surface area contributed by atoms with Crippen molar-refractivity contribution >= 4 is 0 Å². The van der Waals surface area contributed by atoms with Crippen molar-refractivity contribution in [1.29, 1.82) is 10.5 Å². The largest absolute Gasteiger partial charge is 0.274 e. The molecular weight excluding hydrogens is 164 g/mol. The molecule has 0 N–H and O–H groups in total. The van der Waals surface area contributed by atoms with Crippen molar-refractivity contribution in [2.45, 2.75) is 26.1 Å². The summed E-state index contributed by atoms with van der Waals surface area (Å²) >= 11 is 0. The summed E-state index contributed by atoms with van der Waals surface area (Å²) in [6.45, 7) is 6.27. The van der Waals surface area contributed by atoms with Gasteiger partial charge in [-0.15, -0.1) is 0 Å². The van der Waals surface area contributed by atoms with Crippen LogP contribution in [-0.4, -0.2) is 41.6 Å². The average molecular weight is 178 g/mol. The van der Waals surface area contributed by atoms with Crippen LogP contribution in [-0.2, 0) is 0 Å². The second kappa shape index (κ2) is 4.23. The molecule has 0 radical (unpaired) electrons. The lowest BCUT2D eigenvalue weighted by Gasteiger charge is -2.22. The Morgan fingerprint density at radius 1 is 1.23 bits per heavy atom. The van der Waals surface area contributed by atoms with E-state index in [-0.39, 0.29) is 12.2 Å². The van der Waals surface area contributed by atoms with Gasteiger partial charge in [0, 0.05) is 6.54 Å². The maximum Gasteiger partial charge on any atom is 0.154 e. The van der Waals surface area contributed by atoms with Gasteiger partial charge in [0.05, 0.1) is 12.1 Å². The van der Waals surface area contributed by atoms with Crippen LogP contribution in [0.2, 0.25) is 0 Å². The molecule has 2 atom stereocenters. The van der Waals surface area contributed by atoms with Gasteiger partial charge in [0.2, 0.25) is 0 Å². The molecule has 0 aliphatic carbocycles. The molecular formula is C9H14N4. The summed E-state index contributed by atoms with van der Waals surface area (Å²) in [7, 11) is 0. The zero-order valence-corrected chi connectivity index (χ0v) is 8.06. The molecule has 4 heteroatoms. The van der Waals surface area contributed by atoms with Gasteiger partial charge in [0.25, 0.3) is 0 Å². The van der Waals surface area contributed by atoms with Crippen molar-refractivity contribution in [2.24, 2.45) is 0 Å². The SMILES string of the molecule is CCN1CC(C#N)N(CC)C1C#N. The van der Waals surface area contributed by atoms with Crippen LogP contribution in [0.5, 0.6) is 0 Å². The Labute approximate surface area is 79.0 Å². The van der Waals surface area contributed by atoms with Crippen molar-refractivity contribution in [3.63, 3.8) is 0 Å². The quantitative estimate of drug-likeness (QED) is 0.613. The molecule has 1 aliphatic heterocycles. The standard InChI is InChI=1S/C9H14N4/c1-3-12-7-8(5-10)13(4-2)9(12)6-11/h8-9H,3-4,7H2,1-2H3. The van der Waals surface area contributed by atoms with Crippen LogP contribution >= 0.6 is 0 Å². The molecule has 70 valence electrons. The van der Waals surface area contributed by atoms with Crippen LogP contribution in [0.3, 0.4) is 0 Å². The summed E-state index contributed by atoms with van der Waals surface area (Å²) < 4.78 is 0. The van der Waals surface area contributed by atoms with Crippen molar-refractivity contribution < 1.29 is 0 Å². The third-order valence-corrected chi connectivity index (χ3v) is 2.50. The van der Waals surface area contributed by atoms with Crippen LogP contribution in [0.1, 0.15) is 13.8 Å². The summed E-state index contributed by atoms with van der Waals surface area (Å²) in [5, 5.41) is 17.8. The van der Waals surface area contributed by atoms with Crippen molar-refractivity contribution in [2.75, 3.05) is 19.6 Å². The number of nitriles is 2. The minimum atomic E-state index is -0.209. The third-order valence-electron chi connectivity index (χ3n) is 2.50. The lowest BCUT2D eigenvalue weighted by molar-refractivity contribution is 0.188. The number of nitrogens with zero attached hydrogens (tertiary/aromatic N) is 4. The lowest BCUT2D eigenvalue weighted by atomic mass is 10.3. The molecule has 1 rings (SSSR count). The van der Waals surface area contributed by atoms with Crippen LogP contribution in [0, 0.1) is 22.7 Å². The van der Waals surface area contributed by atoms with Crippen LogP contribution < -0.4 is 0 Å². The van der Waals surface area contributed by atoms with Gasteiger partial charge in [0.15, 0.2) is 6.17 Å². The summed E-state index contributed by atoms with van der Waals surface area (Å²) in [5.41, 5.74) is 0. The van der Waals surface area contributed by atoms with E-state index in [1.807, 2.05) is 23.6 Å². The molecule has 1 aliphatic rings. The van der Waals surface area contributed by atoms with Gasteiger partial charge in [0.1, 0.15) is 6.04 Å². The van der Waals surface area contributed by atoms with Gasteiger partial charge in [-0.25, -0.2) is 0 Å². The summed E-state index contributed by atoms with van der Waals surface area (Å²) in [6.07, 6.45) is -0.209. The Kier molecular flexibility index (Phi) is 3.25. The summed E-state index contributed by atoms with van der Waals surface area (Å²) in [5.74, 6) is 0. The zero-order chi connectivity index (χ0) is 9.84. The molecule has 13 heavy (non-hydrogen) atoms. The molecule has 0 amide bonds. The molecule has 1 heterocycles. The van der Waals surface area contributed by atoms with Crippen LogP contribution in [0.25, 0.3) is 0 Å². The molecule has 0 saturated carbocycles. The van der Waals surface area contributed by atoms with E-state index in [0.29, 0.717) is 6.54 Å². The minimum absolute atomic E-state index is 0.116. The highest BCUT2D eigenvalue weighted by molar-refractivity contribution is 5.07. The topological polar surface area (TPSA) is 54.1 Å². The minimum Gasteiger partial charge on any atom is -0.274 e. The van der Waals surface area contributed by atoms with Gasteiger partial charge in [-0.2, -0.15) is 10.5 Å². The number of likely N-dealkylation sites (N-methyl/N-ethyl adjacent to an activating group) is 2. The number of hydrogen-bond donors (Lipinski definition) is 0. The number of rotatable bonds is 2. The van der Waals surface area contributed by atoms with Crippen molar-refractivity contribution in [3.8, 4) is 12.1 Å². The van der Waals surface area contributed by atoms with Crippen LogP contribution in [0.15, 0.2) is 0 Å². The molecule has 2 unspecified atom stereocenters. The van der Waals surface area contributed by atoms with Gasteiger partial charge >= 0.3 is 0 Å². The highest BCUT2D eigenvalue weighted by Gasteiger charge is 2.37. The average Bonchev–Trinajstić information content (AvgIpc) is 2.54. The Bertz CT molecular complexity index is 249. The van der Waals surface area contributed by atoms with Crippen molar-refractivity contribution in [3.05, 3.63) is 0 Å². The van der Waals surface area contributed by atoms with E-state index in [4.69, 9.17) is 10.5 Å². The fourth-order valence-corrected chi connectivity index (χ4v) is 1.77. The summed E-state index contributed by atoms with van der Waals surface area (Å²) in [6, 6.07) is 4.34. The van der Waals surface area contributed by atoms with Gasteiger partial charge in [-0.3, -0.25) is 9.80 Å². The van der Waals surface area contributed by atoms with E-state index in [1.165, 1.54) is 0 Å². The van der Waals surface area contributed by atoms with E-state index in [1.54, 1.807) is 0 Å². The normalized spacial score (nSPS) is 29.8. The zero-order valence-electron chi connectivity index (χ0n) is 8.06. The first-order chi connectivity index (χ1) is 6.28. The second-order valence-electron chi connectivity index (χ2n) is 3.07. The van der Waals surface area contributed by atoms with E-state index in [9.17, 15) is 0 Å². The molecule has 4 nitrogen and oxygen atoms in total. The third kappa shape index (κ3) is 1.65. The predicted molar refractivity (Wildman–Crippen MR) is 48.4 cm³/mol. The molecule has 0 aromatic rings. The van der Waals surface area contributed by atoms with Gasteiger partial charge in [-0.05, 0) is 13.1 Å². The second-order valence-corrected chi connectivity index (χ2v) is 3.07. The fourth-order valence-electron chi connectivity index (χ4n) is 1.77. The molecule has 1 fully saturated rings. The van der Waals surface area contributed by atoms with E-state index in [2.05, 4.69) is 12.1 Å². The first-order valence-corrected chi connectivity index (χ1v) is 4.57. The van der Waals surface area contributed by atoms with E-state index in [0.717, 1.165) is 13.1 Å². The molecule has 0 bridgehead atoms. The molecule has 0 aromatic heterocycles. The Morgan fingerprint density at radius 3 is 2.31 bits per heavy atom. The fraction of sp³-hybridized carbons (Fsp3) is 0.778. The Balaban J connectivity index is 2.80. The van der Waals surface area contributed by atoms with Gasteiger partial charge in [-0.1, -0.05) is 13.8 Å². The van der Waals surface area contributed by atoms with Crippen LogP contribution in [0.4, 0.5) is 0 Å². The first kappa shape index (κ1) is 9.98.